The summed E-state index contributed by atoms with van der Waals surface area (Å²) >= 11 is 17.6. The van der Waals surface area contributed by atoms with E-state index in [1.54, 1.807) is 152 Å². The van der Waals surface area contributed by atoms with Crippen LogP contribution < -0.4 is 49.0 Å². The summed E-state index contributed by atoms with van der Waals surface area (Å²) in [6.45, 7) is 13.6. The van der Waals surface area contributed by atoms with E-state index in [0.29, 0.717) is 80.4 Å². The molecule has 28 nitrogen and oxygen atoms in total. The van der Waals surface area contributed by atoms with Crippen molar-refractivity contribution < 1.29 is 52.9 Å². The van der Waals surface area contributed by atoms with E-state index in [9.17, 15) is 52.7 Å². The number of benzene rings is 3. The van der Waals surface area contributed by atoms with Crippen LogP contribution >= 0.6 is 34.8 Å². The van der Waals surface area contributed by atoms with Crippen LogP contribution in [0.15, 0.2) is 160 Å². The summed E-state index contributed by atoms with van der Waals surface area (Å²) in [5, 5.41) is 26.3. The second-order valence-corrected chi connectivity index (χ2v) is 29.1. The Morgan fingerprint density at radius 3 is 1.08 bits per heavy atom. The molecule has 0 atom stereocenters. The second kappa shape index (κ2) is 37.0. The smallest absolute Gasteiger partial charge is 0.407 e. The standard InChI is InChI=1S/C27H30ClN5O5.C22H22ClN5O3.C19H16ClN3O4.C9H17NO2/c1-27(2,3)38-26(37)31-20-15-32(16-20)22(34)10-12-33-23-18(5-4-11-29-23)13-21(25(33)36)24(35)30-14-17-6-8-19(28)9-7-17;23-16-5-3-14(4-6-16)11-26-21(30)18-10-15-2-1-8-25-20(15)28(22(18)31)9-7-19(29)27-12-17(24)13-27;20-14-5-3-12(4-6-14)11-22-18(26)15-10-13-2-1-8-21-17(13)23(19(15)27)9-7-16(24)25;1-9(2,3)12-8(11)10-7-5-4-6-7/h4-9,11,13,20H,10,12,14-16H2,1-3H3,(H,30,35)(H,31,37);1-6,8,10,17H,7,9,11-13,24H2,(H,26,30);1-6,8,10H,7,9,11H2,(H,22,26)(H,24,25);7H,4-6H2,1-3H3,(H,10,11). The summed E-state index contributed by atoms with van der Waals surface area (Å²) in [6.07, 6.45) is 7.18. The number of amides is 7. The van der Waals surface area contributed by atoms with E-state index in [2.05, 4.69) is 41.5 Å². The minimum Gasteiger partial charge on any atom is -0.481 e. The molecule has 9 aromatic rings. The third-order valence-corrected chi connectivity index (χ3v) is 17.8. The fourth-order valence-electron chi connectivity index (χ4n) is 11.3. The Balaban J connectivity index is 0.000000175. The molecular weight excluding hydrogens is 1450 g/mol. The number of rotatable bonds is 20. The minimum atomic E-state index is -1.04. The lowest BCUT2D eigenvalue weighted by Gasteiger charge is -2.39. The first-order valence-corrected chi connectivity index (χ1v) is 36.0. The van der Waals surface area contributed by atoms with Crippen molar-refractivity contribution in [3.05, 3.63) is 225 Å². The predicted octanol–water partition coefficient (Wildman–Crippen LogP) is 9.16. The van der Waals surface area contributed by atoms with E-state index in [0.717, 1.165) is 29.5 Å². The van der Waals surface area contributed by atoms with Crippen LogP contribution in [-0.2, 0) is 63.1 Å². The van der Waals surface area contributed by atoms with Crippen molar-refractivity contribution in [2.45, 2.75) is 149 Å². The van der Waals surface area contributed by atoms with Crippen molar-refractivity contribution in [3.8, 4) is 0 Å². The Morgan fingerprint density at radius 2 is 0.787 bits per heavy atom. The van der Waals surface area contributed by atoms with Crippen LogP contribution in [0.5, 0.6) is 0 Å². The number of likely N-dealkylation sites (tertiary alicyclic amines) is 2. The first kappa shape index (κ1) is 81.0. The Morgan fingerprint density at radius 1 is 0.472 bits per heavy atom. The van der Waals surface area contributed by atoms with Gasteiger partial charge in [-0.05, 0) is 168 Å². The highest BCUT2D eigenvalue weighted by Gasteiger charge is 2.34. The van der Waals surface area contributed by atoms with Crippen molar-refractivity contribution in [1.29, 1.82) is 0 Å². The second-order valence-electron chi connectivity index (χ2n) is 27.8. The number of carbonyl (C=O) groups is 8. The average molecular weight is 1540 g/mol. The van der Waals surface area contributed by atoms with Gasteiger partial charge in [0, 0.05) is 140 Å². The normalized spacial score (nSPS) is 13.5. The highest BCUT2D eigenvalue weighted by atomic mass is 35.5. The van der Waals surface area contributed by atoms with Crippen molar-refractivity contribution >= 4 is 116 Å². The molecule has 6 aromatic heterocycles. The molecule has 568 valence electrons. The van der Waals surface area contributed by atoms with E-state index in [1.165, 1.54) is 44.5 Å². The van der Waals surface area contributed by atoms with Gasteiger partial charge in [-0.1, -0.05) is 71.2 Å². The highest BCUT2D eigenvalue weighted by Crippen LogP contribution is 2.22. The SMILES string of the molecule is CC(C)(C)OC(=O)NC1CCC1.CC(C)(C)OC(=O)NC1CN(C(=O)CCn2c(=O)c(C(=O)NCc3ccc(Cl)cc3)cc3cccnc32)C1.NC1CN(C(=O)CCn2c(=O)c(C(=O)NCc3ccc(Cl)cc3)cc3cccnc32)C1.O=C(O)CCn1c(=O)c(C(=O)NCc2ccc(Cl)cc2)cc2cccnc21. The van der Waals surface area contributed by atoms with Crippen LogP contribution in [0.4, 0.5) is 9.59 Å². The summed E-state index contributed by atoms with van der Waals surface area (Å²) in [5.41, 5.74) is 6.81. The van der Waals surface area contributed by atoms with Gasteiger partial charge in [0.2, 0.25) is 11.8 Å². The van der Waals surface area contributed by atoms with Crippen LogP contribution in [0.1, 0.15) is 128 Å². The van der Waals surface area contributed by atoms with Crippen LogP contribution in [-0.4, -0.2) is 147 Å². The van der Waals surface area contributed by atoms with Gasteiger partial charge in [0.1, 0.15) is 44.8 Å². The number of hydrogen-bond acceptors (Lipinski definition) is 17. The fourth-order valence-corrected chi connectivity index (χ4v) is 11.7. The number of aliphatic carboxylic acids is 1. The zero-order chi connectivity index (χ0) is 78.0. The lowest BCUT2D eigenvalue weighted by molar-refractivity contribution is -0.137. The summed E-state index contributed by atoms with van der Waals surface area (Å²) in [5.74, 6) is -2.82. The van der Waals surface area contributed by atoms with Gasteiger partial charge in [-0.2, -0.15) is 0 Å². The van der Waals surface area contributed by atoms with Gasteiger partial charge in [0.25, 0.3) is 34.4 Å². The average Bonchev–Trinajstić information content (AvgIpc) is 0.790. The molecule has 1 saturated carbocycles. The molecule has 1 aliphatic carbocycles. The number of carbonyl (C=O) groups excluding carboxylic acids is 7. The van der Waals surface area contributed by atoms with E-state index in [-0.39, 0.29) is 111 Å². The molecule has 0 unspecified atom stereocenters. The number of ether oxygens (including phenoxy) is 2. The lowest BCUT2D eigenvalue weighted by Crippen LogP contribution is -2.61. The molecule has 7 amide bonds. The van der Waals surface area contributed by atoms with Gasteiger partial charge in [-0.3, -0.25) is 56.9 Å². The van der Waals surface area contributed by atoms with E-state index < -0.39 is 52.1 Å². The number of alkyl carbamates (subject to hydrolysis) is 2. The molecule has 3 aliphatic rings. The first-order valence-electron chi connectivity index (χ1n) is 34.9. The van der Waals surface area contributed by atoms with E-state index in [1.807, 2.05) is 20.8 Å². The Hall–Kier alpha value is -11.1. The molecular formula is C77H85Cl3N14O14. The maximum atomic E-state index is 13.3. The molecule has 8 N–H and O–H groups in total. The molecule has 3 fully saturated rings. The maximum absolute atomic E-state index is 13.3. The number of carboxylic acid groups (broad SMARTS) is 1. The number of nitrogens with zero attached hydrogens (tertiary/aromatic N) is 8. The fraction of sp³-hybridized carbons (Fsp3) is 0.351. The molecule has 12 rings (SSSR count). The van der Waals surface area contributed by atoms with Crippen molar-refractivity contribution in [3.63, 3.8) is 0 Å². The molecule has 2 saturated heterocycles. The Bertz CT molecular complexity index is 4950. The zero-order valence-corrected chi connectivity index (χ0v) is 62.7. The molecule has 0 radical (unpaired) electrons. The number of nitrogens with two attached hydrogens (primary N) is 1. The van der Waals surface area contributed by atoms with Crippen LogP contribution in [0.25, 0.3) is 33.1 Å². The van der Waals surface area contributed by atoms with Crippen LogP contribution in [0.2, 0.25) is 15.1 Å². The summed E-state index contributed by atoms with van der Waals surface area (Å²) in [7, 11) is 0. The molecule has 0 spiro atoms. The van der Waals surface area contributed by atoms with Gasteiger partial charge < -0.3 is 56.7 Å². The maximum Gasteiger partial charge on any atom is 0.407 e. The lowest BCUT2D eigenvalue weighted by atomic mass is 9.93. The first-order chi connectivity index (χ1) is 51.3. The van der Waals surface area contributed by atoms with Gasteiger partial charge in [0.15, 0.2) is 0 Å². The number of aromatic nitrogens is 6. The summed E-state index contributed by atoms with van der Waals surface area (Å²) < 4.78 is 14.3. The Kier molecular flexibility index (Phi) is 27.7. The van der Waals surface area contributed by atoms with Crippen molar-refractivity contribution in [1.82, 2.24) is 65.0 Å². The zero-order valence-electron chi connectivity index (χ0n) is 60.4. The van der Waals surface area contributed by atoms with Crippen LogP contribution in [0, 0.1) is 0 Å². The molecule has 0 bridgehead atoms. The largest absolute Gasteiger partial charge is 0.481 e. The number of nitrogens with one attached hydrogen (secondary N) is 5. The van der Waals surface area contributed by atoms with Crippen molar-refractivity contribution in [2.75, 3.05) is 26.2 Å². The van der Waals surface area contributed by atoms with Gasteiger partial charge in [-0.25, -0.2) is 24.5 Å². The number of carboxylic acids is 1. The number of halogens is 3. The van der Waals surface area contributed by atoms with Gasteiger partial charge in [-0.15, -0.1) is 0 Å². The van der Waals surface area contributed by atoms with Gasteiger partial charge >= 0.3 is 18.2 Å². The van der Waals surface area contributed by atoms with Crippen molar-refractivity contribution in [2.24, 2.45) is 5.73 Å². The predicted molar refractivity (Wildman–Crippen MR) is 409 cm³/mol. The summed E-state index contributed by atoms with van der Waals surface area (Å²) in [6, 6.07) is 36.2. The molecule has 8 heterocycles. The summed E-state index contributed by atoms with van der Waals surface area (Å²) in [4.78, 5) is 152. The number of aryl methyl sites for hydroxylation is 3. The molecule has 108 heavy (non-hydrogen) atoms. The van der Waals surface area contributed by atoms with E-state index >= 15 is 0 Å². The molecule has 3 aromatic carbocycles. The third kappa shape index (κ3) is 23.2. The van der Waals surface area contributed by atoms with E-state index in [4.69, 9.17) is 55.1 Å². The molecule has 31 heteroatoms. The highest BCUT2D eigenvalue weighted by molar-refractivity contribution is 6.31. The minimum absolute atomic E-state index is 0.00730. The number of pyridine rings is 6. The number of hydrogen-bond donors (Lipinski definition) is 7. The number of fused-ring (bicyclic) bond motifs is 3. The van der Waals surface area contributed by atoms with Gasteiger partial charge in [0.05, 0.1) is 12.5 Å². The monoisotopic (exact) mass is 1530 g/mol. The third-order valence-electron chi connectivity index (χ3n) is 17.1. The topological polar surface area (TPSA) is 373 Å². The quantitative estimate of drug-likeness (QED) is 0.0374. The molecule has 2 aliphatic heterocycles. The van der Waals surface area contributed by atoms with Crippen LogP contribution in [0.3, 0.4) is 0 Å². The Labute approximate surface area is 636 Å².